The number of carbonyl (C=O) groups is 2. The van der Waals surface area contributed by atoms with E-state index < -0.39 is 0 Å². The Balaban J connectivity index is 1.82. The molecule has 0 unspecified atom stereocenters. The molecule has 0 saturated heterocycles. The third-order valence-corrected chi connectivity index (χ3v) is 4.41. The van der Waals surface area contributed by atoms with Crippen LogP contribution in [0.15, 0.2) is 41.0 Å². The second kappa shape index (κ2) is 7.53. The van der Waals surface area contributed by atoms with E-state index in [4.69, 9.17) is 9.15 Å². The molecule has 1 heterocycles. The molecule has 2 N–H and O–H groups in total. The monoisotopic (exact) mass is 366 g/mol. The molecule has 0 radical (unpaired) electrons. The highest BCUT2D eigenvalue weighted by atomic mass is 16.5. The minimum atomic E-state index is -0.200. The molecule has 2 amide bonds. The van der Waals surface area contributed by atoms with Crippen LogP contribution in [-0.2, 0) is 16.0 Å². The van der Waals surface area contributed by atoms with Gasteiger partial charge in [-0.25, -0.2) is 0 Å². The zero-order chi connectivity index (χ0) is 19.6. The van der Waals surface area contributed by atoms with Crippen molar-refractivity contribution in [3.8, 4) is 5.75 Å². The molecule has 0 aliphatic rings. The van der Waals surface area contributed by atoms with Gasteiger partial charge in [0.2, 0.25) is 11.8 Å². The molecule has 1 aromatic heterocycles. The third kappa shape index (κ3) is 4.11. The Morgan fingerprint density at radius 2 is 1.81 bits per heavy atom. The molecule has 0 aliphatic carbocycles. The molecule has 0 spiro atoms. The maximum atomic E-state index is 12.6. The van der Waals surface area contributed by atoms with Crippen molar-refractivity contribution in [2.45, 2.75) is 27.2 Å². The molecule has 3 rings (SSSR count). The van der Waals surface area contributed by atoms with Gasteiger partial charge in [0.15, 0.2) is 0 Å². The zero-order valence-electron chi connectivity index (χ0n) is 15.8. The van der Waals surface area contributed by atoms with Crippen LogP contribution in [0.4, 0.5) is 11.4 Å². The van der Waals surface area contributed by atoms with Gasteiger partial charge in [-0.3, -0.25) is 9.59 Å². The summed E-state index contributed by atoms with van der Waals surface area (Å²) in [6, 6.07) is 9.09. The molecular weight excluding hydrogens is 344 g/mol. The number of hydrogen-bond donors (Lipinski definition) is 2. The lowest BCUT2D eigenvalue weighted by Crippen LogP contribution is -2.15. The largest absolute Gasteiger partial charge is 0.495 e. The lowest BCUT2D eigenvalue weighted by atomic mass is 10.0. The molecule has 0 atom stereocenters. The average molecular weight is 366 g/mol. The number of nitrogens with one attached hydrogen (secondary N) is 2. The van der Waals surface area contributed by atoms with Crippen LogP contribution >= 0.6 is 0 Å². The van der Waals surface area contributed by atoms with E-state index in [9.17, 15) is 9.59 Å². The van der Waals surface area contributed by atoms with Crippen LogP contribution in [0.3, 0.4) is 0 Å². The van der Waals surface area contributed by atoms with Crippen LogP contribution in [0.25, 0.3) is 11.0 Å². The van der Waals surface area contributed by atoms with Gasteiger partial charge < -0.3 is 19.8 Å². The molecule has 6 nitrogen and oxygen atoms in total. The zero-order valence-corrected chi connectivity index (χ0v) is 15.8. The molecule has 2 aromatic carbocycles. The summed E-state index contributed by atoms with van der Waals surface area (Å²) in [4.78, 5) is 23.8. The predicted octanol–water partition coefficient (Wildman–Crippen LogP) is 4.20. The smallest absolute Gasteiger partial charge is 0.229 e. The van der Waals surface area contributed by atoms with E-state index >= 15 is 0 Å². The normalized spacial score (nSPS) is 10.7. The van der Waals surface area contributed by atoms with Gasteiger partial charge >= 0.3 is 0 Å². The Hall–Kier alpha value is -3.28. The standard InChI is InChI=1S/C21H22N2O4/c1-12-7-17-15(11-27-20(17)8-13(12)2)9-21(25)23-18-10-16(22-14(3)24)5-6-19(18)26-4/h5-8,10-11H,9H2,1-4H3,(H,22,24)(H,23,25). The number of carbonyl (C=O) groups excluding carboxylic acids is 2. The number of rotatable bonds is 5. The van der Waals surface area contributed by atoms with Gasteiger partial charge in [-0.2, -0.15) is 0 Å². The average Bonchev–Trinajstić information content (AvgIpc) is 2.96. The van der Waals surface area contributed by atoms with Crippen LogP contribution in [0, 0.1) is 13.8 Å². The topological polar surface area (TPSA) is 80.6 Å². The first-order valence-corrected chi connectivity index (χ1v) is 8.60. The van der Waals surface area contributed by atoms with Gasteiger partial charge in [0.1, 0.15) is 11.3 Å². The number of fused-ring (bicyclic) bond motifs is 1. The van der Waals surface area contributed by atoms with Crippen LogP contribution in [0.5, 0.6) is 5.75 Å². The van der Waals surface area contributed by atoms with Gasteiger partial charge in [0.25, 0.3) is 0 Å². The minimum Gasteiger partial charge on any atom is -0.495 e. The van der Waals surface area contributed by atoms with E-state index in [0.29, 0.717) is 17.1 Å². The van der Waals surface area contributed by atoms with E-state index in [-0.39, 0.29) is 18.2 Å². The van der Waals surface area contributed by atoms with Crippen LogP contribution in [0.2, 0.25) is 0 Å². The maximum Gasteiger partial charge on any atom is 0.229 e. The van der Waals surface area contributed by atoms with E-state index in [1.807, 2.05) is 26.0 Å². The highest BCUT2D eigenvalue weighted by Gasteiger charge is 2.14. The summed E-state index contributed by atoms with van der Waals surface area (Å²) in [5.74, 6) is 0.128. The summed E-state index contributed by atoms with van der Waals surface area (Å²) in [6.45, 7) is 5.48. The summed E-state index contributed by atoms with van der Waals surface area (Å²) in [5, 5.41) is 6.47. The van der Waals surface area contributed by atoms with Crippen molar-refractivity contribution in [2.24, 2.45) is 0 Å². The van der Waals surface area contributed by atoms with Crippen LogP contribution < -0.4 is 15.4 Å². The van der Waals surface area contributed by atoms with Crippen LogP contribution in [0.1, 0.15) is 23.6 Å². The highest BCUT2D eigenvalue weighted by molar-refractivity contribution is 5.98. The molecule has 27 heavy (non-hydrogen) atoms. The van der Waals surface area contributed by atoms with E-state index in [1.165, 1.54) is 14.0 Å². The number of amides is 2. The van der Waals surface area contributed by atoms with Gasteiger partial charge in [-0.15, -0.1) is 0 Å². The third-order valence-electron chi connectivity index (χ3n) is 4.41. The van der Waals surface area contributed by atoms with Gasteiger partial charge in [-0.1, -0.05) is 0 Å². The van der Waals surface area contributed by atoms with E-state index in [1.54, 1.807) is 24.5 Å². The number of benzene rings is 2. The SMILES string of the molecule is COc1ccc(NC(C)=O)cc1NC(=O)Cc1coc2cc(C)c(C)cc12. The maximum absolute atomic E-state index is 12.6. The van der Waals surface area contributed by atoms with Gasteiger partial charge in [0, 0.05) is 23.6 Å². The predicted molar refractivity (Wildman–Crippen MR) is 105 cm³/mol. The molecule has 0 saturated carbocycles. The van der Waals surface area contributed by atoms with Crippen molar-refractivity contribution in [1.82, 2.24) is 0 Å². The van der Waals surface area contributed by atoms with Crippen LogP contribution in [-0.4, -0.2) is 18.9 Å². The Bertz CT molecular complexity index is 1020. The molecule has 6 heteroatoms. The Kier molecular flexibility index (Phi) is 5.16. The van der Waals surface area contributed by atoms with Crippen molar-refractivity contribution < 1.29 is 18.7 Å². The fourth-order valence-corrected chi connectivity index (χ4v) is 2.93. The van der Waals surface area contributed by atoms with E-state index in [2.05, 4.69) is 10.6 Å². The number of ether oxygens (including phenoxy) is 1. The van der Waals surface area contributed by atoms with Crippen molar-refractivity contribution >= 4 is 34.2 Å². The Morgan fingerprint density at radius 3 is 2.52 bits per heavy atom. The van der Waals surface area contributed by atoms with E-state index in [0.717, 1.165) is 27.7 Å². The first kappa shape index (κ1) is 18.5. The lowest BCUT2D eigenvalue weighted by molar-refractivity contribution is -0.115. The Morgan fingerprint density at radius 1 is 1.07 bits per heavy atom. The second-order valence-electron chi connectivity index (χ2n) is 6.51. The van der Waals surface area contributed by atoms with Crippen molar-refractivity contribution in [2.75, 3.05) is 17.7 Å². The highest BCUT2D eigenvalue weighted by Crippen LogP contribution is 2.29. The fraction of sp³-hybridized carbons (Fsp3) is 0.238. The molecule has 140 valence electrons. The molecular formula is C21H22N2O4. The first-order valence-electron chi connectivity index (χ1n) is 8.60. The lowest BCUT2D eigenvalue weighted by Gasteiger charge is -2.12. The summed E-state index contributed by atoms with van der Waals surface area (Å²) < 4.78 is 10.9. The summed E-state index contributed by atoms with van der Waals surface area (Å²) in [6.07, 6.45) is 1.79. The number of furan rings is 1. The van der Waals surface area contributed by atoms with Gasteiger partial charge in [-0.05, 0) is 55.3 Å². The fourth-order valence-electron chi connectivity index (χ4n) is 2.93. The minimum absolute atomic E-state index is 0.170. The molecule has 0 bridgehead atoms. The summed E-state index contributed by atoms with van der Waals surface area (Å²) in [7, 11) is 1.53. The van der Waals surface area contributed by atoms with Gasteiger partial charge in [0.05, 0.1) is 25.5 Å². The van der Waals surface area contributed by atoms with Crippen molar-refractivity contribution in [3.63, 3.8) is 0 Å². The summed E-state index contributed by atoms with van der Waals surface area (Å²) in [5.41, 5.74) is 4.96. The number of methoxy groups -OCH3 is 1. The second-order valence-corrected chi connectivity index (χ2v) is 6.51. The first-order chi connectivity index (χ1) is 12.9. The van der Waals surface area contributed by atoms with Crippen molar-refractivity contribution in [1.29, 1.82) is 0 Å². The molecule has 0 aliphatic heterocycles. The molecule has 3 aromatic rings. The number of anilines is 2. The molecule has 0 fully saturated rings. The number of hydrogen-bond acceptors (Lipinski definition) is 4. The quantitative estimate of drug-likeness (QED) is 0.709. The summed E-state index contributed by atoms with van der Waals surface area (Å²) >= 11 is 0. The van der Waals surface area contributed by atoms with Crippen molar-refractivity contribution in [3.05, 3.63) is 53.3 Å². The Labute approximate surface area is 157 Å². The number of aryl methyl sites for hydroxylation is 2.